The number of nitrogens with zero attached hydrogens (tertiary/aromatic N) is 2. The highest BCUT2D eigenvalue weighted by Crippen LogP contribution is 2.21. The van der Waals surface area contributed by atoms with Crippen LogP contribution in [0, 0.1) is 0 Å². The number of halogens is 2. The van der Waals surface area contributed by atoms with Gasteiger partial charge in [-0.15, -0.1) is 0 Å². The summed E-state index contributed by atoms with van der Waals surface area (Å²) in [5, 5.41) is 4.87. The van der Waals surface area contributed by atoms with E-state index < -0.39 is 0 Å². The number of rotatable bonds is 10. The van der Waals surface area contributed by atoms with Crippen molar-refractivity contribution in [2.45, 2.75) is 44.2 Å². The lowest BCUT2D eigenvalue weighted by Gasteiger charge is -2.09. The van der Waals surface area contributed by atoms with Gasteiger partial charge in [-0.3, -0.25) is 14.2 Å². The quantitative estimate of drug-likeness (QED) is 0.339. The topological polar surface area (TPSA) is 64.0 Å². The summed E-state index contributed by atoms with van der Waals surface area (Å²) in [4.78, 5) is 28.3. The van der Waals surface area contributed by atoms with Crippen molar-refractivity contribution in [3.8, 4) is 0 Å². The Hall–Kier alpha value is -1.50. The second-order valence-corrected chi connectivity index (χ2v) is 8.33. The van der Waals surface area contributed by atoms with Crippen LogP contribution in [0.5, 0.6) is 0 Å². The maximum Gasteiger partial charge on any atom is 0.254 e. The minimum Gasteiger partial charge on any atom is -0.356 e. The molecule has 0 bridgehead atoms. The molecule has 1 N–H and O–H groups in total. The van der Waals surface area contributed by atoms with Crippen molar-refractivity contribution in [2.75, 3.05) is 12.3 Å². The molecule has 2 aromatic rings. The van der Waals surface area contributed by atoms with Crippen LogP contribution in [-0.2, 0) is 24.7 Å². The summed E-state index contributed by atoms with van der Waals surface area (Å²) in [5.41, 5.74) is 1.75. The Morgan fingerprint density at radius 3 is 2.75 bits per heavy atom. The molecule has 152 valence electrons. The first-order valence-electron chi connectivity index (χ1n) is 9.31. The fourth-order valence-electron chi connectivity index (χ4n) is 2.57. The SMILES string of the molecule is CCc1cc(=O)n(C)c(SCCCCC(=O)NCCc2ccc(Cl)cc2Cl)n1. The molecule has 28 heavy (non-hydrogen) atoms. The van der Waals surface area contributed by atoms with Crippen LogP contribution < -0.4 is 10.9 Å². The second kappa shape index (κ2) is 11.5. The van der Waals surface area contributed by atoms with E-state index in [-0.39, 0.29) is 11.5 Å². The molecule has 1 amide bonds. The number of amides is 1. The van der Waals surface area contributed by atoms with E-state index in [4.69, 9.17) is 23.2 Å². The zero-order chi connectivity index (χ0) is 20.5. The van der Waals surface area contributed by atoms with E-state index in [0.29, 0.717) is 29.4 Å². The van der Waals surface area contributed by atoms with E-state index in [1.165, 1.54) is 0 Å². The number of carbonyl (C=O) groups is 1. The van der Waals surface area contributed by atoms with Crippen molar-refractivity contribution in [3.63, 3.8) is 0 Å². The van der Waals surface area contributed by atoms with E-state index >= 15 is 0 Å². The molecule has 0 aliphatic carbocycles. The fraction of sp³-hybridized carbons (Fsp3) is 0.450. The Morgan fingerprint density at radius 2 is 2.04 bits per heavy atom. The lowest BCUT2D eigenvalue weighted by atomic mass is 10.1. The summed E-state index contributed by atoms with van der Waals surface area (Å²) < 4.78 is 1.57. The lowest BCUT2D eigenvalue weighted by molar-refractivity contribution is -0.121. The molecule has 1 aromatic carbocycles. The van der Waals surface area contributed by atoms with Crippen molar-refractivity contribution >= 4 is 40.9 Å². The zero-order valence-electron chi connectivity index (χ0n) is 16.1. The smallest absolute Gasteiger partial charge is 0.254 e. The molecule has 0 atom stereocenters. The standard InChI is InChI=1S/C20H25Cl2N3O2S/c1-3-16-13-19(27)25(2)20(24-16)28-11-5-4-6-18(26)23-10-9-14-7-8-15(21)12-17(14)22/h7-8,12-13H,3-6,9-11H2,1-2H3,(H,23,26). The van der Waals surface area contributed by atoms with Crippen molar-refractivity contribution in [2.24, 2.45) is 7.05 Å². The van der Waals surface area contributed by atoms with E-state index in [0.717, 1.165) is 41.4 Å². The van der Waals surface area contributed by atoms with Crippen molar-refractivity contribution < 1.29 is 4.79 Å². The molecule has 2 rings (SSSR count). The molecule has 0 saturated heterocycles. The summed E-state index contributed by atoms with van der Waals surface area (Å²) in [6, 6.07) is 6.95. The summed E-state index contributed by atoms with van der Waals surface area (Å²) in [6.07, 6.45) is 3.57. The maximum atomic E-state index is 12.0. The Labute approximate surface area is 179 Å². The first-order valence-corrected chi connectivity index (χ1v) is 11.0. The fourth-order valence-corrected chi connectivity index (χ4v) is 4.07. The van der Waals surface area contributed by atoms with Crippen molar-refractivity contribution in [1.29, 1.82) is 0 Å². The summed E-state index contributed by atoms with van der Waals surface area (Å²) >= 11 is 13.6. The second-order valence-electron chi connectivity index (χ2n) is 6.42. The number of hydrogen-bond acceptors (Lipinski definition) is 4. The van der Waals surface area contributed by atoms with Crippen LogP contribution in [0.2, 0.25) is 10.0 Å². The molecule has 0 aliphatic rings. The molecular formula is C20H25Cl2N3O2S. The van der Waals surface area contributed by atoms with Crippen molar-refractivity contribution in [1.82, 2.24) is 14.9 Å². The molecule has 8 heteroatoms. The average molecular weight is 442 g/mol. The first-order chi connectivity index (χ1) is 13.4. The predicted molar refractivity (Wildman–Crippen MR) is 117 cm³/mol. The van der Waals surface area contributed by atoms with Gasteiger partial charge in [0, 0.05) is 47.6 Å². The van der Waals surface area contributed by atoms with Gasteiger partial charge in [0.25, 0.3) is 5.56 Å². The highest BCUT2D eigenvalue weighted by molar-refractivity contribution is 7.99. The monoisotopic (exact) mass is 441 g/mol. The van der Waals surface area contributed by atoms with Gasteiger partial charge >= 0.3 is 0 Å². The number of carbonyl (C=O) groups excluding carboxylic acids is 1. The van der Waals surface area contributed by atoms with Gasteiger partial charge in [0.2, 0.25) is 5.91 Å². The predicted octanol–water partition coefficient (Wildman–Crippen LogP) is 4.27. The number of benzene rings is 1. The van der Waals surface area contributed by atoms with Crippen LogP contribution in [0.3, 0.4) is 0 Å². The van der Waals surface area contributed by atoms with Crippen LogP contribution >= 0.6 is 35.0 Å². The van der Waals surface area contributed by atoms with Crippen molar-refractivity contribution in [3.05, 3.63) is 55.9 Å². The Bertz CT molecular complexity index is 871. The zero-order valence-corrected chi connectivity index (χ0v) is 18.5. The number of aryl methyl sites for hydroxylation is 1. The number of thioether (sulfide) groups is 1. The van der Waals surface area contributed by atoms with Gasteiger partial charge in [-0.2, -0.15) is 0 Å². The van der Waals surface area contributed by atoms with E-state index in [2.05, 4.69) is 10.3 Å². The van der Waals surface area contributed by atoms with Gasteiger partial charge in [0.05, 0.1) is 0 Å². The Kier molecular flexibility index (Phi) is 9.35. The minimum absolute atomic E-state index is 0.0329. The molecule has 0 unspecified atom stereocenters. The number of hydrogen-bond donors (Lipinski definition) is 1. The number of unbranched alkanes of at least 4 members (excludes halogenated alkanes) is 1. The van der Waals surface area contributed by atoms with Gasteiger partial charge in [-0.25, -0.2) is 4.98 Å². The molecule has 0 spiro atoms. The third-order valence-corrected chi connectivity index (χ3v) is 5.97. The molecule has 0 fully saturated rings. The summed E-state index contributed by atoms with van der Waals surface area (Å²) in [5.74, 6) is 0.856. The third-order valence-electron chi connectivity index (χ3n) is 4.27. The van der Waals surface area contributed by atoms with E-state index in [1.807, 2.05) is 13.0 Å². The van der Waals surface area contributed by atoms with Gasteiger partial charge in [0.1, 0.15) is 0 Å². The molecule has 0 radical (unpaired) electrons. The highest BCUT2D eigenvalue weighted by Gasteiger charge is 2.07. The molecule has 1 heterocycles. The molecule has 1 aromatic heterocycles. The van der Waals surface area contributed by atoms with E-state index in [1.54, 1.807) is 41.6 Å². The molecule has 0 saturated carbocycles. The van der Waals surface area contributed by atoms with Crippen LogP contribution in [0.1, 0.15) is 37.4 Å². The maximum absolute atomic E-state index is 12.0. The Balaban J connectivity index is 1.65. The molecule has 5 nitrogen and oxygen atoms in total. The normalized spacial score (nSPS) is 10.9. The highest BCUT2D eigenvalue weighted by atomic mass is 35.5. The minimum atomic E-state index is -0.0329. The van der Waals surface area contributed by atoms with Crippen LogP contribution in [0.4, 0.5) is 0 Å². The molecular weight excluding hydrogens is 417 g/mol. The largest absolute Gasteiger partial charge is 0.356 e. The van der Waals surface area contributed by atoms with Crippen LogP contribution in [-0.4, -0.2) is 27.8 Å². The average Bonchev–Trinajstić information content (AvgIpc) is 2.66. The Morgan fingerprint density at radius 1 is 1.25 bits per heavy atom. The van der Waals surface area contributed by atoms with Gasteiger partial charge < -0.3 is 5.32 Å². The first kappa shape index (κ1) is 22.8. The van der Waals surface area contributed by atoms with Crippen LogP contribution in [0.15, 0.2) is 34.2 Å². The van der Waals surface area contributed by atoms with Gasteiger partial charge in [-0.05, 0) is 43.4 Å². The summed E-state index contributed by atoms with van der Waals surface area (Å²) in [7, 11) is 1.73. The van der Waals surface area contributed by atoms with Crippen LogP contribution in [0.25, 0.3) is 0 Å². The van der Waals surface area contributed by atoms with Gasteiger partial charge in [0.15, 0.2) is 5.16 Å². The molecule has 0 aliphatic heterocycles. The third kappa shape index (κ3) is 7.15. The van der Waals surface area contributed by atoms with E-state index in [9.17, 15) is 9.59 Å². The number of nitrogens with one attached hydrogen (secondary N) is 1. The summed E-state index contributed by atoms with van der Waals surface area (Å²) in [6.45, 7) is 2.53. The van der Waals surface area contributed by atoms with Gasteiger partial charge in [-0.1, -0.05) is 48.0 Å². The number of aromatic nitrogens is 2. The lowest BCUT2D eigenvalue weighted by Crippen LogP contribution is -2.25.